The van der Waals surface area contributed by atoms with Gasteiger partial charge in [-0.15, -0.1) is 0 Å². The number of nitrogens with zero attached hydrogens (tertiary/aromatic N) is 3. The zero-order chi connectivity index (χ0) is 18.7. The summed E-state index contributed by atoms with van der Waals surface area (Å²) >= 11 is 5.92. The molecule has 9 heteroatoms. The first-order valence-electron chi connectivity index (χ1n) is 7.81. The minimum absolute atomic E-state index is 0.0912. The predicted molar refractivity (Wildman–Crippen MR) is 96.4 cm³/mol. The van der Waals surface area contributed by atoms with E-state index in [1.807, 2.05) is 0 Å². The Kier molecular flexibility index (Phi) is 5.15. The summed E-state index contributed by atoms with van der Waals surface area (Å²) in [6, 6.07) is 7.80. The summed E-state index contributed by atoms with van der Waals surface area (Å²) in [5, 5.41) is 23.0. The number of nitrogens with one attached hydrogen (secondary N) is 2. The molecule has 8 nitrogen and oxygen atoms in total. The number of benzene rings is 1. The fourth-order valence-electron chi connectivity index (χ4n) is 2.30. The molecule has 0 aliphatic heterocycles. The van der Waals surface area contributed by atoms with E-state index in [0.29, 0.717) is 22.0 Å². The first-order chi connectivity index (χ1) is 12.5. The molecule has 0 radical (unpaired) electrons. The van der Waals surface area contributed by atoms with Gasteiger partial charge in [0.25, 0.3) is 11.5 Å². The van der Waals surface area contributed by atoms with Crippen molar-refractivity contribution in [3.05, 3.63) is 63.7 Å². The smallest absolute Gasteiger partial charge is 0.284 e. The van der Waals surface area contributed by atoms with Crippen LogP contribution < -0.4 is 10.9 Å². The summed E-state index contributed by atoms with van der Waals surface area (Å²) < 4.78 is 1.10. The molecule has 0 saturated carbocycles. The van der Waals surface area contributed by atoms with Crippen molar-refractivity contribution in [2.75, 3.05) is 6.61 Å². The highest BCUT2D eigenvalue weighted by Gasteiger charge is 2.19. The van der Waals surface area contributed by atoms with Crippen molar-refractivity contribution in [2.45, 2.75) is 13.0 Å². The summed E-state index contributed by atoms with van der Waals surface area (Å²) in [6.45, 7) is 1.39. The van der Waals surface area contributed by atoms with Crippen molar-refractivity contribution < 1.29 is 9.90 Å². The minimum Gasteiger partial charge on any atom is -0.394 e. The fraction of sp³-hybridized carbons (Fsp3) is 0.176. The molecule has 0 aliphatic rings. The second-order valence-electron chi connectivity index (χ2n) is 5.68. The van der Waals surface area contributed by atoms with Crippen LogP contribution >= 0.6 is 11.6 Å². The van der Waals surface area contributed by atoms with Gasteiger partial charge in [0, 0.05) is 22.8 Å². The molecule has 0 aliphatic carbocycles. The lowest BCUT2D eigenvalue weighted by molar-refractivity contribution is 0.0920. The van der Waals surface area contributed by atoms with Gasteiger partial charge in [0.15, 0.2) is 0 Å². The number of rotatable bonds is 5. The van der Waals surface area contributed by atoms with Gasteiger partial charge in [0.2, 0.25) is 0 Å². The summed E-state index contributed by atoms with van der Waals surface area (Å²) in [6.07, 6.45) is 2.93. The van der Waals surface area contributed by atoms with Crippen molar-refractivity contribution in [1.82, 2.24) is 25.3 Å². The molecule has 1 amide bonds. The molecular weight excluding hydrogens is 358 g/mol. The number of hydrogen-bond acceptors (Lipinski definition) is 5. The van der Waals surface area contributed by atoms with Gasteiger partial charge in [-0.2, -0.15) is 14.9 Å². The third-order valence-corrected chi connectivity index (χ3v) is 3.93. The lowest BCUT2D eigenvalue weighted by atomic mass is 10.1. The van der Waals surface area contributed by atoms with Crippen LogP contribution in [0.1, 0.15) is 17.3 Å². The molecule has 2 heterocycles. The Morgan fingerprint density at radius 2 is 2.12 bits per heavy atom. The van der Waals surface area contributed by atoms with Gasteiger partial charge in [-0.05, 0) is 25.1 Å². The van der Waals surface area contributed by atoms with Crippen molar-refractivity contribution in [3.63, 3.8) is 0 Å². The average molecular weight is 374 g/mol. The molecule has 2 aromatic heterocycles. The number of H-pyrrole nitrogens is 1. The van der Waals surface area contributed by atoms with Crippen LogP contribution in [0.5, 0.6) is 0 Å². The average Bonchev–Trinajstić information content (AvgIpc) is 3.17. The van der Waals surface area contributed by atoms with Crippen LogP contribution in [0, 0.1) is 0 Å². The van der Waals surface area contributed by atoms with E-state index in [1.54, 1.807) is 31.2 Å². The maximum atomic E-state index is 12.7. The quantitative estimate of drug-likeness (QED) is 0.625. The zero-order valence-electron chi connectivity index (χ0n) is 13.8. The van der Waals surface area contributed by atoms with Gasteiger partial charge in [0.1, 0.15) is 11.3 Å². The third-order valence-electron chi connectivity index (χ3n) is 3.68. The summed E-state index contributed by atoms with van der Waals surface area (Å²) in [5.41, 5.74) is 0.827. The van der Waals surface area contributed by atoms with E-state index in [0.717, 1.165) is 4.68 Å². The molecule has 0 spiro atoms. The monoisotopic (exact) mass is 373 g/mol. The van der Waals surface area contributed by atoms with E-state index < -0.39 is 17.5 Å². The Bertz CT molecular complexity index is 967. The second-order valence-corrected chi connectivity index (χ2v) is 6.12. The number of aliphatic hydroxyl groups excluding tert-OH is 1. The molecule has 3 N–H and O–H groups in total. The Balaban J connectivity index is 2.15. The molecule has 134 valence electrons. The Labute approximate surface area is 153 Å². The van der Waals surface area contributed by atoms with Crippen molar-refractivity contribution in [2.24, 2.45) is 0 Å². The van der Waals surface area contributed by atoms with Gasteiger partial charge in [0.05, 0.1) is 18.5 Å². The highest BCUT2D eigenvalue weighted by molar-refractivity contribution is 6.30. The zero-order valence-corrected chi connectivity index (χ0v) is 14.6. The Morgan fingerprint density at radius 3 is 2.73 bits per heavy atom. The fourth-order valence-corrected chi connectivity index (χ4v) is 2.43. The number of carbonyl (C=O) groups is 1. The van der Waals surface area contributed by atoms with Crippen LogP contribution in [0.15, 0.2) is 47.5 Å². The topological polar surface area (TPSA) is 113 Å². The lowest BCUT2D eigenvalue weighted by Crippen LogP contribution is -2.39. The number of halogens is 1. The summed E-state index contributed by atoms with van der Waals surface area (Å²) in [5.74, 6) is -0.591. The van der Waals surface area contributed by atoms with Crippen LogP contribution in [0.3, 0.4) is 0 Å². The maximum absolute atomic E-state index is 12.7. The minimum atomic E-state index is -0.591. The van der Waals surface area contributed by atoms with Gasteiger partial charge < -0.3 is 10.4 Å². The van der Waals surface area contributed by atoms with Crippen LogP contribution in [-0.2, 0) is 0 Å². The molecule has 1 atom stereocenters. The van der Waals surface area contributed by atoms with E-state index >= 15 is 0 Å². The van der Waals surface area contributed by atoms with Crippen LogP contribution in [-0.4, -0.2) is 43.6 Å². The number of amides is 1. The van der Waals surface area contributed by atoms with E-state index in [-0.39, 0.29) is 12.2 Å². The van der Waals surface area contributed by atoms with E-state index in [2.05, 4.69) is 20.6 Å². The maximum Gasteiger partial charge on any atom is 0.284 e. The van der Waals surface area contributed by atoms with E-state index in [1.165, 1.54) is 18.5 Å². The normalized spacial score (nSPS) is 12.0. The number of aliphatic hydroxyl groups is 1. The first-order valence-corrected chi connectivity index (χ1v) is 8.18. The molecule has 0 unspecified atom stereocenters. The number of carbonyl (C=O) groups excluding carboxylic acids is 1. The Hall–Kier alpha value is -2.97. The molecule has 1 aromatic carbocycles. The molecule has 3 rings (SSSR count). The highest BCUT2D eigenvalue weighted by Crippen LogP contribution is 2.20. The molecular formula is C17H16ClN5O3. The first kappa shape index (κ1) is 17.8. The second kappa shape index (κ2) is 7.51. The lowest BCUT2D eigenvalue weighted by Gasteiger charge is -2.13. The largest absolute Gasteiger partial charge is 0.394 e. The van der Waals surface area contributed by atoms with Crippen molar-refractivity contribution in [3.8, 4) is 16.9 Å². The standard InChI is InChI=1S/C17H16ClN5O3/c1-10(9-24)21-16(25)14-6-15(11-2-4-12(18)5-3-11)22-23(17(14)26)13-7-19-20-8-13/h2-8,10,24H,9H2,1H3,(H,19,20)(H,21,25)/t10-/m0/s1. The Morgan fingerprint density at radius 1 is 1.38 bits per heavy atom. The molecule has 0 saturated heterocycles. The van der Waals surface area contributed by atoms with Crippen LogP contribution in [0.4, 0.5) is 0 Å². The third kappa shape index (κ3) is 3.66. The number of aromatic amines is 1. The van der Waals surface area contributed by atoms with Gasteiger partial charge in [-0.1, -0.05) is 23.7 Å². The van der Waals surface area contributed by atoms with Crippen LogP contribution in [0.2, 0.25) is 5.02 Å². The van der Waals surface area contributed by atoms with Gasteiger partial charge in [-0.3, -0.25) is 14.7 Å². The molecule has 26 heavy (non-hydrogen) atoms. The highest BCUT2D eigenvalue weighted by atomic mass is 35.5. The molecule has 0 fully saturated rings. The summed E-state index contributed by atoms with van der Waals surface area (Å²) in [7, 11) is 0. The van der Waals surface area contributed by atoms with Crippen molar-refractivity contribution in [1.29, 1.82) is 0 Å². The van der Waals surface area contributed by atoms with E-state index in [4.69, 9.17) is 16.7 Å². The van der Waals surface area contributed by atoms with Gasteiger partial charge in [-0.25, -0.2) is 0 Å². The molecule has 0 bridgehead atoms. The van der Waals surface area contributed by atoms with Gasteiger partial charge >= 0.3 is 0 Å². The van der Waals surface area contributed by atoms with E-state index in [9.17, 15) is 9.59 Å². The molecule has 3 aromatic rings. The van der Waals surface area contributed by atoms with Crippen molar-refractivity contribution >= 4 is 17.5 Å². The number of hydrogen-bond donors (Lipinski definition) is 3. The number of aromatic nitrogens is 4. The SMILES string of the molecule is C[C@@H](CO)NC(=O)c1cc(-c2ccc(Cl)cc2)nn(-c2cn[nH]c2)c1=O. The predicted octanol–water partition coefficient (Wildman–Crippen LogP) is 1.39. The van der Waals surface area contributed by atoms with Crippen LogP contribution in [0.25, 0.3) is 16.9 Å². The summed E-state index contributed by atoms with van der Waals surface area (Å²) in [4.78, 5) is 25.2.